The van der Waals surface area contributed by atoms with Crippen molar-refractivity contribution in [3.05, 3.63) is 35.9 Å². The van der Waals surface area contributed by atoms with Crippen molar-refractivity contribution >= 4 is 21.4 Å². The van der Waals surface area contributed by atoms with Gasteiger partial charge in [-0.2, -0.15) is 0 Å². The van der Waals surface area contributed by atoms with Crippen molar-refractivity contribution in [3.63, 3.8) is 0 Å². The minimum Gasteiger partial charge on any atom is -0.462 e. The summed E-state index contributed by atoms with van der Waals surface area (Å²) in [6.07, 6.45) is -1.48. The van der Waals surface area contributed by atoms with Gasteiger partial charge in [0.15, 0.2) is 9.84 Å². The summed E-state index contributed by atoms with van der Waals surface area (Å²) in [5.74, 6) is -1.01. The summed E-state index contributed by atoms with van der Waals surface area (Å²) in [7, 11) is -3.34. The molecule has 1 aliphatic carbocycles. The highest BCUT2D eigenvalue weighted by Gasteiger charge is 2.34. The van der Waals surface area contributed by atoms with Crippen LogP contribution in [0.4, 0.5) is 8.78 Å². The lowest BCUT2D eigenvalue weighted by Gasteiger charge is -2.11. The van der Waals surface area contributed by atoms with Gasteiger partial charge in [-0.3, -0.25) is 0 Å². The molecule has 0 heterocycles. The first-order valence-electron chi connectivity index (χ1n) is 8.28. The number of sulfone groups is 1. The van der Waals surface area contributed by atoms with E-state index in [2.05, 4.69) is 0 Å². The van der Waals surface area contributed by atoms with Gasteiger partial charge in [-0.15, -0.1) is 0 Å². The van der Waals surface area contributed by atoms with Gasteiger partial charge in [0.1, 0.15) is 12.3 Å². The van der Waals surface area contributed by atoms with E-state index in [1.54, 1.807) is 13.8 Å². The zero-order chi connectivity index (χ0) is 18.6. The van der Waals surface area contributed by atoms with Crippen LogP contribution < -0.4 is 0 Å². The van der Waals surface area contributed by atoms with Crippen LogP contribution in [-0.2, 0) is 19.4 Å². The fourth-order valence-corrected chi connectivity index (χ4v) is 3.73. The van der Waals surface area contributed by atoms with Crippen LogP contribution in [-0.4, -0.2) is 39.1 Å². The van der Waals surface area contributed by atoms with E-state index < -0.39 is 34.1 Å². The number of hydrogen-bond donors (Lipinski definition) is 0. The van der Waals surface area contributed by atoms with Crippen LogP contribution in [0, 0.1) is 5.92 Å². The predicted octanol–water partition coefficient (Wildman–Crippen LogP) is 3.51. The molecule has 0 aliphatic heterocycles. The molecule has 0 bridgehead atoms. The van der Waals surface area contributed by atoms with Crippen LogP contribution in [0.1, 0.15) is 32.3 Å². The fourth-order valence-electron chi connectivity index (χ4n) is 2.84. The standard InChI is InChI=1S/C18H22F2O4S/c1-3-24-18(21)15(9-12-10-16(19)17(20)11-12)13-5-7-14(8-6-13)25(22,23)4-2/h5-9,12,16-17H,3-4,10-11H2,1-2H3/b15-9+/t12-,16+,17-. The molecule has 4 nitrogen and oxygen atoms in total. The number of ether oxygens (including phenoxy) is 1. The van der Waals surface area contributed by atoms with Gasteiger partial charge in [-0.05, 0) is 43.4 Å². The fraction of sp³-hybridized carbons (Fsp3) is 0.500. The molecule has 0 amide bonds. The molecule has 1 aliphatic rings. The average Bonchev–Trinajstić information content (AvgIpc) is 2.91. The molecule has 0 radical (unpaired) electrons. The normalized spacial score (nSPS) is 24.3. The third-order valence-corrected chi connectivity index (χ3v) is 6.00. The Morgan fingerprint density at radius 3 is 2.20 bits per heavy atom. The van der Waals surface area contributed by atoms with Crippen molar-refractivity contribution in [1.82, 2.24) is 0 Å². The van der Waals surface area contributed by atoms with E-state index in [0.717, 1.165) is 0 Å². The van der Waals surface area contributed by atoms with Gasteiger partial charge < -0.3 is 4.74 Å². The third-order valence-electron chi connectivity index (χ3n) is 4.25. The lowest BCUT2D eigenvalue weighted by molar-refractivity contribution is -0.136. The molecule has 1 fully saturated rings. The summed E-state index contributed by atoms with van der Waals surface area (Å²) in [5.41, 5.74) is 0.666. The van der Waals surface area contributed by atoms with E-state index in [1.165, 1.54) is 30.3 Å². The Bertz CT molecular complexity index is 731. The molecule has 25 heavy (non-hydrogen) atoms. The smallest absolute Gasteiger partial charge is 0.338 e. The summed E-state index contributed by atoms with van der Waals surface area (Å²) in [6.45, 7) is 3.38. The maximum absolute atomic E-state index is 13.4. The molecule has 0 unspecified atom stereocenters. The molecule has 1 aromatic carbocycles. The Kier molecular flexibility index (Phi) is 6.32. The second-order valence-electron chi connectivity index (χ2n) is 5.99. The van der Waals surface area contributed by atoms with Gasteiger partial charge >= 0.3 is 5.97 Å². The Balaban J connectivity index is 2.34. The molecule has 0 spiro atoms. The van der Waals surface area contributed by atoms with E-state index in [9.17, 15) is 22.0 Å². The Morgan fingerprint density at radius 1 is 1.16 bits per heavy atom. The van der Waals surface area contributed by atoms with Gasteiger partial charge in [-0.1, -0.05) is 25.1 Å². The Morgan fingerprint density at radius 2 is 1.72 bits per heavy atom. The number of carbonyl (C=O) groups excluding carboxylic acids is 1. The highest BCUT2D eigenvalue weighted by molar-refractivity contribution is 7.91. The summed E-state index contributed by atoms with van der Waals surface area (Å²) in [4.78, 5) is 12.4. The minimum absolute atomic E-state index is 0.0202. The highest BCUT2D eigenvalue weighted by atomic mass is 32.2. The predicted molar refractivity (Wildman–Crippen MR) is 91.3 cm³/mol. The van der Waals surface area contributed by atoms with Crippen LogP contribution in [0.25, 0.3) is 5.57 Å². The summed E-state index contributed by atoms with van der Waals surface area (Å²) in [6, 6.07) is 5.87. The number of rotatable bonds is 6. The zero-order valence-corrected chi connectivity index (χ0v) is 15.1. The molecule has 1 saturated carbocycles. The average molecular weight is 372 g/mol. The molecule has 2 rings (SSSR count). The number of esters is 1. The minimum atomic E-state index is -3.34. The molecule has 0 N–H and O–H groups in total. The lowest BCUT2D eigenvalue weighted by Crippen LogP contribution is -2.09. The second-order valence-corrected chi connectivity index (χ2v) is 8.27. The van der Waals surface area contributed by atoms with Crippen molar-refractivity contribution in [2.45, 2.75) is 43.9 Å². The van der Waals surface area contributed by atoms with Crippen LogP contribution in [0.5, 0.6) is 0 Å². The van der Waals surface area contributed by atoms with Crippen LogP contribution in [0.2, 0.25) is 0 Å². The topological polar surface area (TPSA) is 60.4 Å². The zero-order valence-electron chi connectivity index (χ0n) is 14.2. The highest BCUT2D eigenvalue weighted by Crippen LogP contribution is 2.34. The van der Waals surface area contributed by atoms with Gasteiger partial charge in [0.25, 0.3) is 0 Å². The molecule has 138 valence electrons. The number of carbonyl (C=O) groups is 1. The van der Waals surface area contributed by atoms with Crippen LogP contribution in [0.15, 0.2) is 35.2 Å². The van der Waals surface area contributed by atoms with Crippen molar-refractivity contribution in [1.29, 1.82) is 0 Å². The quantitative estimate of drug-likeness (QED) is 0.566. The Hall–Kier alpha value is -1.76. The molecule has 0 aromatic heterocycles. The first-order valence-corrected chi connectivity index (χ1v) is 9.94. The van der Waals surface area contributed by atoms with Crippen LogP contribution in [0.3, 0.4) is 0 Å². The van der Waals surface area contributed by atoms with Crippen LogP contribution >= 0.6 is 0 Å². The van der Waals surface area contributed by atoms with E-state index >= 15 is 0 Å². The van der Waals surface area contributed by atoms with Gasteiger partial charge in [0.05, 0.1) is 22.8 Å². The number of halogens is 2. The maximum Gasteiger partial charge on any atom is 0.338 e. The van der Waals surface area contributed by atoms with Crippen molar-refractivity contribution in [3.8, 4) is 0 Å². The Labute approximate surface area is 146 Å². The SMILES string of the molecule is CCOC(=O)/C(=C/[C@H]1C[C@@H](F)[C@@H](F)C1)c1ccc(S(=O)(=O)CC)cc1. The number of benzene rings is 1. The largest absolute Gasteiger partial charge is 0.462 e. The van der Waals surface area contributed by atoms with Gasteiger partial charge in [0.2, 0.25) is 0 Å². The van der Waals surface area contributed by atoms with E-state index in [4.69, 9.17) is 4.74 Å². The van der Waals surface area contributed by atoms with Gasteiger partial charge in [-0.25, -0.2) is 22.0 Å². The maximum atomic E-state index is 13.4. The second kappa shape index (κ2) is 8.08. The van der Waals surface area contributed by atoms with Crippen molar-refractivity contribution in [2.75, 3.05) is 12.4 Å². The van der Waals surface area contributed by atoms with E-state index in [-0.39, 0.29) is 35.7 Å². The molecule has 7 heteroatoms. The number of hydrogen-bond acceptors (Lipinski definition) is 4. The molecular formula is C18H22F2O4S. The number of allylic oxidation sites excluding steroid dienone is 1. The molecule has 1 aromatic rings. The molecule has 3 atom stereocenters. The van der Waals surface area contributed by atoms with E-state index in [0.29, 0.717) is 5.56 Å². The van der Waals surface area contributed by atoms with Gasteiger partial charge in [0, 0.05) is 0 Å². The number of alkyl halides is 2. The summed E-state index contributed by atoms with van der Waals surface area (Å²) < 4.78 is 55.6. The first kappa shape index (κ1) is 19.6. The van der Waals surface area contributed by atoms with Crippen molar-refractivity contribution in [2.24, 2.45) is 5.92 Å². The lowest BCUT2D eigenvalue weighted by atomic mass is 9.98. The third kappa shape index (κ3) is 4.66. The summed E-state index contributed by atoms with van der Waals surface area (Å²) >= 11 is 0. The van der Waals surface area contributed by atoms with Crippen molar-refractivity contribution < 1.29 is 26.7 Å². The van der Waals surface area contributed by atoms with E-state index in [1.807, 2.05) is 0 Å². The molecule has 0 saturated heterocycles. The molecular weight excluding hydrogens is 350 g/mol. The monoisotopic (exact) mass is 372 g/mol. The summed E-state index contributed by atoms with van der Waals surface area (Å²) in [5, 5.41) is 0. The first-order chi connectivity index (χ1) is 11.8.